The number of hydrogen-bond donors (Lipinski definition) is 1. The van der Waals surface area contributed by atoms with Crippen LogP contribution in [0, 0.1) is 5.82 Å². The summed E-state index contributed by atoms with van der Waals surface area (Å²) >= 11 is 0. The van der Waals surface area contributed by atoms with Crippen LogP contribution < -0.4 is 9.47 Å². The second-order valence-corrected chi connectivity index (χ2v) is 4.18. The van der Waals surface area contributed by atoms with Crippen molar-refractivity contribution in [2.45, 2.75) is 0 Å². The van der Waals surface area contributed by atoms with Gasteiger partial charge in [0.1, 0.15) is 11.6 Å². The second kappa shape index (κ2) is 4.80. The quantitative estimate of drug-likeness (QED) is 0.797. The Morgan fingerprint density at radius 1 is 1.10 bits per heavy atom. The molecule has 2 heterocycles. The van der Waals surface area contributed by atoms with Gasteiger partial charge in [0, 0.05) is 11.6 Å². The van der Waals surface area contributed by atoms with Gasteiger partial charge in [0.15, 0.2) is 17.1 Å². The molecule has 0 aliphatic rings. The largest absolute Gasteiger partial charge is 0.493 e. The minimum atomic E-state index is -0.403. The predicted molar refractivity (Wildman–Crippen MR) is 72.4 cm³/mol. The van der Waals surface area contributed by atoms with Gasteiger partial charge in [-0.1, -0.05) is 0 Å². The summed E-state index contributed by atoms with van der Waals surface area (Å²) in [4.78, 5) is 11.3. The number of hydrogen-bond acceptors (Lipinski definition) is 4. The zero-order valence-corrected chi connectivity index (χ0v) is 11.0. The van der Waals surface area contributed by atoms with Crippen LogP contribution in [0.3, 0.4) is 0 Å². The van der Waals surface area contributed by atoms with Gasteiger partial charge in [0.2, 0.25) is 0 Å². The Morgan fingerprint density at radius 3 is 2.65 bits per heavy atom. The van der Waals surface area contributed by atoms with E-state index >= 15 is 0 Å². The third kappa shape index (κ3) is 2.05. The molecule has 0 aliphatic heterocycles. The maximum Gasteiger partial charge on any atom is 0.178 e. The monoisotopic (exact) mass is 273 g/mol. The number of aromatic amines is 1. The highest BCUT2D eigenvalue weighted by molar-refractivity contribution is 5.76. The fourth-order valence-corrected chi connectivity index (χ4v) is 1.99. The normalized spacial score (nSPS) is 10.8. The fourth-order valence-electron chi connectivity index (χ4n) is 1.99. The van der Waals surface area contributed by atoms with E-state index in [1.165, 1.54) is 6.07 Å². The van der Waals surface area contributed by atoms with Crippen molar-refractivity contribution in [2.24, 2.45) is 0 Å². The van der Waals surface area contributed by atoms with E-state index in [1.807, 2.05) is 6.07 Å². The third-order valence-corrected chi connectivity index (χ3v) is 2.96. The summed E-state index contributed by atoms with van der Waals surface area (Å²) in [5, 5.41) is 0. The number of nitrogens with zero attached hydrogens (tertiary/aromatic N) is 2. The highest BCUT2D eigenvalue weighted by Crippen LogP contribution is 2.31. The summed E-state index contributed by atoms with van der Waals surface area (Å²) in [5.74, 6) is 1.43. The van der Waals surface area contributed by atoms with Crippen molar-refractivity contribution in [3.63, 3.8) is 0 Å². The van der Waals surface area contributed by atoms with Crippen molar-refractivity contribution < 1.29 is 13.9 Å². The van der Waals surface area contributed by atoms with Crippen molar-refractivity contribution in [1.29, 1.82) is 0 Å². The molecule has 0 amide bonds. The number of aromatic nitrogens is 3. The van der Waals surface area contributed by atoms with Gasteiger partial charge < -0.3 is 14.5 Å². The number of fused-ring (bicyclic) bond motifs is 1. The average Bonchev–Trinajstić information content (AvgIpc) is 2.89. The van der Waals surface area contributed by atoms with Crippen molar-refractivity contribution >= 4 is 11.2 Å². The molecule has 3 rings (SSSR count). The van der Waals surface area contributed by atoms with Gasteiger partial charge in [0.05, 0.1) is 25.9 Å². The summed E-state index contributed by atoms with van der Waals surface area (Å²) in [6, 6.07) is 6.79. The van der Waals surface area contributed by atoms with Crippen molar-refractivity contribution in [3.05, 3.63) is 36.3 Å². The first-order valence-corrected chi connectivity index (χ1v) is 5.95. The summed E-state index contributed by atoms with van der Waals surface area (Å²) in [5.41, 5.74) is 1.83. The number of ether oxygens (including phenoxy) is 2. The maximum atomic E-state index is 13.1. The zero-order valence-electron chi connectivity index (χ0n) is 11.0. The third-order valence-electron chi connectivity index (χ3n) is 2.96. The summed E-state index contributed by atoms with van der Waals surface area (Å²) in [6.07, 6.45) is 1.14. The van der Waals surface area contributed by atoms with E-state index in [0.29, 0.717) is 28.5 Å². The molecule has 0 saturated carbocycles. The number of halogens is 1. The Balaban J connectivity index is 2.10. The molecule has 20 heavy (non-hydrogen) atoms. The highest BCUT2D eigenvalue weighted by Gasteiger charge is 2.10. The van der Waals surface area contributed by atoms with Crippen molar-refractivity contribution in [3.8, 4) is 22.9 Å². The van der Waals surface area contributed by atoms with Crippen molar-refractivity contribution in [2.75, 3.05) is 14.2 Å². The molecule has 0 fully saturated rings. The zero-order chi connectivity index (χ0) is 14.1. The minimum absolute atomic E-state index is 0.403. The summed E-state index contributed by atoms with van der Waals surface area (Å²) in [7, 11) is 3.14. The average molecular weight is 273 g/mol. The van der Waals surface area contributed by atoms with E-state index in [9.17, 15) is 4.39 Å². The molecule has 3 aromatic rings. The molecule has 0 bridgehead atoms. The second-order valence-electron chi connectivity index (χ2n) is 4.18. The topological polar surface area (TPSA) is 60.0 Å². The Morgan fingerprint density at radius 2 is 1.90 bits per heavy atom. The number of rotatable bonds is 3. The van der Waals surface area contributed by atoms with Gasteiger partial charge in [-0.3, -0.25) is 0 Å². The van der Waals surface area contributed by atoms with Crippen LogP contribution in [0.15, 0.2) is 30.5 Å². The number of imidazole rings is 1. The van der Waals surface area contributed by atoms with E-state index in [-0.39, 0.29) is 0 Å². The van der Waals surface area contributed by atoms with Crippen LogP contribution in [0.1, 0.15) is 0 Å². The number of benzene rings is 1. The lowest BCUT2D eigenvalue weighted by Crippen LogP contribution is -1.91. The van der Waals surface area contributed by atoms with Crippen molar-refractivity contribution in [1.82, 2.24) is 15.0 Å². The van der Waals surface area contributed by atoms with Crippen LogP contribution in [0.2, 0.25) is 0 Å². The molecule has 0 saturated heterocycles. The molecule has 5 nitrogen and oxygen atoms in total. The van der Waals surface area contributed by atoms with Crippen LogP contribution in [0.4, 0.5) is 4.39 Å². The van der Waals surface area contributed by atoms with Gasteiger partial charge in [-0.15, -0.1) is 0 Å². The number of methoxy groups -OCH3 is 2. The van der Waals surface area contributed by atoms with Gasteiger partial charge in [-0.05, 0) is 18.2 Å². The molecule has 1 aromatic carbocycles. The number of nitrogens with one attached hydrogen (secondary N) is 1. The first-order valence-electron chi connectivity index (χ1n) is 5.95. The van der Waals surface area contributed by atoms with Crippen LogP contribution in [-0.2, 0) is 0 Å². The highest BCUT2D eigenvalue weighted by atomic mass is 19.1. The minimum Gasteiger partial charge on any atom is -0.493 e. The molecule has 0 unspecified atom stereocenters. The first kappa shape index (κ1) is 12.4. The Kier molecular flexibility index (Phi) is 2.98. The number of H-pyrrole nitrogens is 1. The van der Waals surface area contributed by atoms with Crippen LogP contribution in [0.25, 0.3) is 22.6 Å². The smallest absolute Gasteiger partial charge is 0.178 e. The lowest BCUT2D eigenvalue weighted by atomic mass is 10.2. The Labute approximate surface area is 114 Å². The standard InChI is InChI=1S/C14H12FN3O2/c1-19-11-4-3-8(5-12(11)20-2)13-17-10-6-9(15)7-16-14(10)18-13/h3-7H,1-2H3,(H,16,17,18). The van der Waals surface area contributed by atoms with E-state index in [1.54, 1.807) is 26.4 Å². The van der Waals surface area contributed by atoms with Gasteiger partial charge in [0.25, 0.3) is 0 Å². The van der Waals surface area contributed by atoms with E-state index in [0.717, 1.165) is 11.8 Å². The lowest BCUT2D eigenvalue weighted by Gasteiger charge is -2.08. The van der Waals surface area contributed by atoms with Crippen LogP contribution in [0.5, 0.6) is 11.5 Å². The maximum absolute atomic E-state index is 13.1. The van der Waals surface area contributed by atoms with Crippen LogP contribution >= 0.6 is 0 Å². The SMILES string of the molecule is COc1ccc(-c2nc3ncc(F)cc3[nH]2)cc1OC. The van der Waals surface area contributed by atoms with Gasteiger partial charge in [-0.25, -0.2) is 14.4 Å². The molecule has 102 valence electrons. The molecule has 2 aromatic heterocycles. The summed E-state index contributed by atoms with van der Waals surface area (Å²) < 4.78 is 23.6. The molecular formula is C14H12FN3O2. The molecule has 0 radical (unpaired) electrons. The first-order chi connectivity index (χ1) is 9.71. The van der Waals surface area contributed by atoms with E-state index in [4.69, 9.17) is 9.47 Å². The van der Waals surface area contributed by atoms with Gasteiger partial charge in [-0.2, -0.15) is 0 Å². The molecule has 0 atom stereocenters. The molecule has 0 spiro atoms. The predicted octanol–water partition coefficient (Wildman–Crippen LogP) is 2.78. The van der Waals surface area contributed by atoms with Gasteiger partial charge >= 0.3 is 0 Å². The van der Waals surface area contributed by atoms with E-state index < -0.39 is 5.82 Å². The van der Waals surface area contributed by atoms with E-state index in [2.05, 4.69) is 15.0 Å². The molecule has 0 aliphatic carbocycles. The summed E-state index contributed by atoms with van der Waals surface area (Å²) in [6.45, 7) is 0. The number of pyridine rings is 1. The molecule has 1 N–H and O–H groups in total. The Bertz CT molecular complexity index is 770. The molecule has 6 heteroatoms. The molecular weight excluding hydrogens is 261 g/mol. The lowest BCUT2D eigenvalue weighted by molar-refractivity contribution is 0.355. The van der Waals surface area contributed by atoms with Crippen LogP contribution in [-0.4, -0.2) is 29.2 Å². The fraction of sp³-hybridized carbons (Fsp3) is 0.143. The Hall–Kier alpha value is -2.63.